The Bertz CT molecular complexity index is 537. The number of aromatic nitrogens is 1. The Morgan fingerprint density at radius 1 is 1.35 bits per heavy atom. The van der Waals surface area contributed by atoms with E-state index in [1.807, 2.05) is 12.3 Å². The lowest BCUT2D eigenvalue weighted by atomic mass is 10.0. The van der Waals surface area contributed by atoms with Gasteiger partial charge in [0.15, 0.2) is 5.78 Å². The second kappa shape index (κ2) is 4.74. The van der Waals surface area contributed by atoms with Crippen LogP contribution in [-0.4, -0.2) is 10.8 Å². The van der Waals surface area contributed by atoms with Gasteiger partial charge < -0.3 is 4.98 Å². The Kier molecular flexibility index (Phi) is 3.32. The molecular weight excluding hydrogens is 210 g/mol. The topological polar surface area (TPSA) is 32.9 Å². The molecule has 1 aromatic carbocycles. The van der Waals surface area contributed by atoms with Crippen LogP contribution in [0.2, 0.25) is 0 Å². The number of hydrogen-bond acceptors (Lipinski definition) is 1. The molecular formula is C15H19NO. The minimum Gasteiger partial charge on any atom is -0.360 e. The van der Waals surface area contributed by atoms with Crippen molar-refractivity contribution in [1.29, 1.82) is 0 Å². The maximum Gasteiger partial charge on any atom is 0.165 e. The third kappa shape index (κ3) is 2.57. The third-order valence-electron chi connectivity index (χ3n) is 3.09. The number of Topliss-reactive ketones (excluding diaryl/α,β-unsaturated/α-hetero) is 1. The Morgan fingerprint density at radius 2 is 2.12 bits per heavy atom. The fourth-order valence-corrected chi connectivity index (χ4v) is 2.03. The van der Waals surface area contributed by atoms with Crippen molar-refractivity contribution >= 4 is 16.7 Å². The number of rotatable bonds is 4. The molecule has 1 aromatic heterocycles. The van der Waals surface area contributed by atoms with E-state index in [2.05, 4.69) is 37.9 Å². The largest absolute Gasteiger partial charge is 0.360 e. The fraction of sp³-hybridized carbons (Fsp3) is 0.400. The minimum absolute atomic E-state index is 0.244. The zero-order chi connectivity index (χ0) is 12.4. The molecule has 0 spiro atoms. The molecule has 0 bridgehead atoms. The molecule has 0 fully saturated rings. The molecule has 17 heavy (non-hydrogen) atoms. The monoisotopic (exact) mass is 229 g/mol. The highest BCUT2D eigenvalue weighted by atomic mass is 16.1. The van der Waals surface area contributed by atoms with Gasteiger partial charge in [0.05, 0.1) is 0 Å². The molecule has 0 atom stereocenters. The van der Waals surface area contributed by atoms with Crippen LogP contribution < -0.4 is 0 Å². The summed E-state index contributed by atoms with van der Waals surface area (Å²) in [6.07, 6.45) is 3.43. The molecule has 2 heteroatoms. The van der Waals surface area contributed by atoms with Crippen LogP contribution in [0.15, 0.2) is 24.4 Å². The molecule has 0 aliphatic carbocycles. The molecule has 90 valence electrons. The number of hydrogen-bond donors (Lipinski definition) is 1. The van der Waals surface area contributed by atoms with Crippen molar-refractivity contribution in [2.24, 2.45) is 5.92 Å². The number of H-pyrrole nitrogens is 1. The molecule has 2 rings (SSSR count). The van der Waals surface area contributed by atoms with E-state index < -0.39 is 0 Å². The maximum absolute atomic E-state index is 12.1. The van der Waals surface area contributed by atoms with Crippen LogP contribution in [0.1, 0.15) is 42.6 Å². The van der Waals surface area contributed by atoms with Gasteiger partial charge in [-0.1, -0.05) is 26.0 Å². The Hall–Kier alpha value is -1.57. The van der Waals surface area contributed by atoms with E-state index in [0.29, 0.717) is 12.3 Å². The number of nitrogens with one attached hydrogen (secondary N) is 1. The quantitative estimate of drug-likeness (QED) is 0.787. The fourth-order valence-electron chi connectivity index (χ4n) is 2.03. The SMILES string of the molecule is Cc1ccc2c(C(=O)CCC(C)C)c[nH]c2c1. The Labute approximate surface area is 102 Å². The number of carbonyl (C=O) groups is 1. The number of fused-ring (bicyclic) bond motifs is 1. The van der Waals surface area contributed by atoms with Crippen molar-refractivity contribution in [2.75, 3.05) is 0 Å². The molecule has 0 aliphatic rings. The van der Waals surface area contributed by atoms with E-state index in [9.17, 15) is 4.79 Å². The van der Waals surface area contributed by atoms with E-state index in [1.54, 1.807) is 0 Å². The van der Waals surface area contributed by atoms with Crippen molar-refractivity contribution in [3.8, 4) is 0 Å². The van der Waals surface area contributed by atoms with Crippen molar-refractivity contribution in [3.63, 3.8) is 0 Å². The van der Waals surface area contributed by atoms with Gasteiger partial charge in [0, 0.05) is 29.1 Å². The molecule has 0 aliphatic heterocycles. The Morgan fingerprint density at radius 3 is 2.82 bits per heavy atom. The first-order valence-electron chi connectivity index (χ1n) is 6.19. The van der Waals surface area contributed by atoms with Crippen LogP contribution in [-0.2, 0) is 0 Å². The zero-order valence-corrected chi connectivity index (χ0v) is 10.7. The van der Waals surface area contributed by atoms with Crippen LogP contribution in [0.5, 0.6) is 0 Å². The second-order valence-corrected chi connectivity index (χ2v) is 5.11. The number of benzene rings is 1. The van der Waals surface area contributed by atoms with Gasteiger partial charge in [-0.15, -0.1) is 0 Å². The van der Waals surface area contributed by atoms with Gasteiger partial charge >= 0.3 is 0 Å². The zero-order valence-electron chi connectivity index (χ0n) is 10.7. The summed E-state index contributed by atoms with van der Waals surface area (Å²) in [4.78, 5) is 15.3. The summed E-state index contributed by atoms with van der Waals surface area (Å²) < 4.78 is 0. The van der Waals surface area contributed by atoms with Gasteiger partial charge in [0.2, 0.25) is 0 Å². The van der Waals surface area contributed by atoms with E-state index >= 15 is 0 Å². The lowest BCUT2D eigenvalue weighted by molar-refractivity contribution is 0.0977. The van der Waals surface area contributed by atoms with Gasteiger partial charge in [-0.3, -0.25) is 4.79 Å². The van der Waals surface area contributed by atoms with Crippen LogP contribution in [0.25, 0.3) is 10.9 Å². The predicted octanol–water partition coefficient (Wildman–Crippen LogP) is 4.10. The third-order valence-corrected chi connectivity index (χ3v) is 3.09. The second-order valence-electron chi connectivity index (χ2n) is 5.11. The van der Waals surface area contributed by atoms with Gasteiger partial charge in [-0.25, -0.2) is 0 Å². The molecule has 2 nitrogen and oxygen atoms in total. The molecule has 2 aromatic rings. The first-order valence-corrected chi connectivity index (χ1v) is 6.19. The van der Waals surface area contributed by atoms with Crippen LogP contribution in [0.4, 0.5) is 0 Å². The van der Waals surface area contributed by atoms with E-state index in [-0.39, 0.29) is 5.78 Å². The van der Waals surface area contributed by atoms with Crippen LogP contribution in [0.3, 0.4) is 0 Å². The smallest absolute Gasteiger partial charge is 0.165 e. The van der Waals surface area contributed by atoms with E-state index in [1.165, 1.54) is 5.56 Å². The minimum atomic E-state index is 0.244. The summed E-state index contributed by atoms with van der Waals surface area (Å²) >= 11 is 0. The Balaban J connectivity index is 2.27. The number of carbonyl (C=O) groups excluding carboxylic acids is 1. The molecule has 0 amide bonds. The summed E-state index contributed by atoms with van der Waals surface area (Å²) in [6.45, 7) is 6.35. The normalized spacial score (nSPS) is 11.3. The molecule has 0 radical (unpaired) electrons. The summed E-state index contributed by atoms with van der Waals surface area (Å²) in [5.41, 5.74) is 3.10. The van der Waals surface area contributed by atoms with Gasteiger partial charge in [0.25, 0.3) is 0 Å². The molecule has 1 N–H and O–H groups in total. The van der Waals surface area contributed by atoms with Gasteiger partial charge in [-0.2, -0.15) is 0 Å². The highest BCUT2D eigenvalue weighted by Crippen LogP contribution is 2.21. The standard InChI is InChI=1S/C15H19NO/c1-10(2)4-7-15(17)13-9-16-14-8-11(3)5-6-12(13)14/h5-6,8-10,16H,4,7H2,1-3H3. The predicted molar refractivity (Wildman–Crippen MR) is 71.4 cm³/mol. The average molecular weight is 229 g/mol. The number of aromatic amines is 1. The lowest BCUT2D eigenvalue weighted by Gasteiger charge is -2.03. The van der Waals surface area contributed by atoms with Crippen molar-refractivity contribution < 1.29 is 4.79 Å². The lowest BCUT2D eigenvalue weighted by Crippen LogP contribution is -2.00. The summed E-state index contributed by atoms with van der Waals surface area (Å²) in [5, 5.41) is 1.05. The highest BCUT2D eigenvalue weighted by Gasteiger charge is 2.12. The van der Waals surface area contributed by atoms with Crippen molar-refractivity contribution in [1.82, 2.24) is 4.98 Å². The maximum atomic E-state index is 12.1. The summed E-state index contributed by atoms with van der Waals surface area (Å²) in [7, 11) is 0. The molecule has 0 saturated carbocycles. The summed E-state index contributed by atoms with van der Waals surface area (Å²) in [6, 6.07) is 6.16. The van der Waals surface area contributed by atoms with Crippen molar-refractivity contribution in [3.05, 3.63) is 35.5 Å². The molecule has 0 saturated heterocycles. The average Bonchev–Trinajstić information content (AvgIpc) is 2.68. The molecule has 1 heterocycles. The molecule has 0 unspecified atom stereocenters. The van der Waals surface area contributed by atoms with E-state index in [0.717, 1.165) is 22.9 Å². The van der Waals surface area contributed by atoms with Crippen molar-refractivity contribution in [2.45, 2.75) is 33.6 Å². The van der Waals surface area contributed by atoms with Gasteiger partial charge in [0.1, 0.15) is 0 Å². The first-order chi connectivity index (χ1) is 8.08. The number of aryl methyl sites for hydroxylation is 1. The highest BCUT2D eigenvalue weighted by molar-refractivity contribution is 6.07. The van der Waals surface area contributed by atoms with E-state index in [4.69, 9.17) is 0 Å². The van der Waals surface area contributed by atoms with Crippen LogP contribution >= 0.6 is 0 Å². The summed E-state index contributed by atoms with van der Waals surface area (Å²) in [5.74, 6) is 0.820. The number of ketones is 1. The first kappa shape index (κ1) is 11.9. The van der Waals surface area contributed by atoms with Crippen LogP contribution in [0, 0.1) is 12.8 Å². The van der Waals surface area contributed by atoms with Gasteiger partial charge in [-0.05, 0) is 30.9 Å².